The van der Waals surface area contributed by atoms with Gasteiger partial charge in [-0.1, -0.05) is 27.7 Å². The molecule has 7 aromatic heterocycles. The molecule has 0 unspecified atom stereocenters. The Morgan fingerprint density at radius 3 is 1.67 bits per heavy atom. The minimum Gasteiger partial charge on any atom is -0.323 e. The van der Waals surface area contributed by atoms with Crippen LogP contribution in [0.4, 0.5) is 23.3 Å². The Kier molecular flexibility index (Phi) is 9.88. The first-order valence-corrected chi connectivity index (χ1v) is 17.0. The number of hydrogen-bond donors (Lipinski definition) is 2. The van der Waals surface area contributed by atoms with Crippen molar-refractivity contribution in [3.63, 3.8) is 0 Å². The molecule has 7 aromatic rings. The van der Waals surface area contributed by atoms with Crippen LogP contribution in [0.1, 0.15) is 61.4 Å². The lowest BCUT2D eigenvalue weighted by Gasteiger charge is -2.09. The van der Waals surface area contributed by atoms with Crippen molar-refractivity contribution in [2.75, 3.05) is 10.6 Å². The summed E-state index contributed by atoms with van der Waals surface area (Å²) in [5, 5.41) is 23.8. The van der Waals surface area contributed by atoms with Crippen molar-refractivity contribution in [1.82, 2.24) is 45.3 Å². The first-order valence-electron chi connectivity index (χ1n) is 15.4. The average Bonchev–Trinajstić information content (AvgIpc) is 3.42. The van der Waals surface area contributed by atoms with Gasteiger partial charge in [0.05, 0.1) is 50.0 Å². The lowest BCUT2D eigenvalue weighted by Crippen LogP contribution is -2.00. The van der Waals surface area contributed by atoms with Crippen molar-refractivity contribution in [3.8, 4) is 10.4 Å². The maximum absolute atomic E-state index is 4.71. The fourth-order valence-electron chi connectivity index (χ4n) is 4.83. The van der Waals surface area contributed by atoms with Gasteiger partial charge in [-0.15, -0.1) is 21.5 Å². The molecule has 0 fully saturated rings. The van der Waals surface area contributed by atoms with Crippen LogP contribution >= 0.6 is 27.3 Å². The number of aryl methyl sites for hydroxylation is 2. The number of thiazole rings is 1. The van der Waals surface area contributed by atoms with E-state index in [0.717, 1.165) is 64.6 Å². The number of anilines is 4. The topological polar surface area (TPSA) is 140 Å². The van der Waals surface area contributed by atoms with Crippen molar-refractivity contribution < 1.29 is 0 Å². The van der Waals surface area contributed by atoms with Crippen molar-refractivity contribution in [2.24, 2.45) is 0 Å². The van der Waals surface area contributed by atoms with Crippen molar-refractivity contribution in [2.45, 2.75) is 53.4 Å². The SMILES string of the molecule is CC(C)c1cnnc(Nc2ccc3ncc(Br)cc3n2)c1.Cc1nc(C)c(-c2cnc3ccc(Nc4cc(C(C)C)cnn4)nc3c2)s1. The molecule has 11 nitrogen and oxygen atoms in total. The average molecular weight is 721 g/mol. The van der Waals surface area contributed by atoms with Crippen LogP contribution in [0, 0.1) is 13.8 Å². The molecular formula is C35H34BrN11S. The number of nitrogens with zero attached hydrogens (tertiary/aromatic N) is 9. The van der Waals surface area contributed by atoms with E-state index in [1.54, 1.807) is 29.9 Å². The van der Waals surface area contributed by atoms with E-state index in [4.69, 9.17) is 4.98 Å². The number of rotatable bonds is 7. The molecule has 48 heavy (non-hydrogen) atoms. The Balaban J connectivity index is 0.000000173. The molecule has 242 valence electrons. The van der Waals surface area contributed by atoms with E-state index in [0.29, 0.717) is 29.3 Å². The van der Waals surface area contributed by atoms with E-state index in [-0.39, 0.29) is 0 Å². The Hall–Kier alpha value is -5.01. The highest BCUT2D eigenvalue weighted by molar-refractivity contribution is 9.10. The Morgan fingerprint density at radius 2 is 1.15 bits per heavy atom. The van der Waals surface area contributed by atoms with Gasteiger partial charge in [-0.05, 0) is 101 Å². The van der Waals surface area contributed by atoms with Gasteiger partial charge in [0.1, 0.15) is 11.6 Å². The third-order valence-corrected chi connectivity index (χ3v) is 8.96. The number of pyridine rings is 4. The fraction of sp³-hybridized carbons (Fsp3) is 0.229. The molecule has 0 amide bonds. The smallest absolute Gasteiger partial charge is 0.154 e. The lowest BCUT2D eigenvalue weighted by molar-refractivity contribution is 0.843. The predicted molar refractivity (Wildman–Crippen MR) is 196 cm³/mol. The summed E-state index contributed by atoms with van der Waals surface area (Å²) in [6, 6.07) is 15.7. The van der Waals surface area contributed by atoms with Crippen LogP contribution in [-0.4, -0.2) is 45.3 Å². The molecule has 0 aliphatic rings. The number of aromatic nitrogens is 9. The van der Waals surface area contributed by atoms with Crippen molar-refractivity contribution in [1.29, 1.82) is 0 Å². The third kappa shape index (κ3) is 7.92. The minimum atomic E-state index is 0.392. The van der Waals surface area contributed by atoms with Crippen LogP contribution in [0.5, 0.6) is 0 Å². The molecular weight excluding hydrogens is 686 g/mol. The standard InChI is InChI=1S/C20H20N6S.C15H14BrN5/c1-11(2)14-8-19(26-22-10-14)25-18-6-5-16-17(24-18)7-15(9-21-16)20-12(3)23-13(4)27-20;1-9(2)10-5-15(21-18-7-10)20-14-4-3-12-13(19-14)6-11(16)8-17-12/h5-11H,1-4H3,(H,24,25,26);3-9H,1-2H3,(H,19,20,21). The van der Waals surface area contributed by atoms with Gasteiger partial charge < -0.3 is 10.6 Å². The molecule has 0 aliphatic carbocycles. The summed E-state index contributed by atoms with van der Waals surface area (Å²) in [4.78, 5) is 23.7. The molecule has 7 rings (SSSR count). The summed E-state index contributed by atoms with van der Waals surface area (Å²) in [7, 11) is 0. The van der Waals surface area contributed by atoms with Crippen LogP contribution in [0.3, 0.4) is 0 Å². The highest BCUT2D eigenvalue weighted by Crippen LogP contribution is 2.31. The molecule has 0 spiro atoms. The lowest BCUT2D eigenvalue weighted by atomic mass is 10.1. The number of nitrogens with one attached hydrogen (secondary N) is 2. The zero-order chi connectivity index (χ0) is 33.8. The van der Waals surface area contributed by atoms with Gasteiger partial charge in [0.2, 0.25) is 0 Å². The molecule has 7 heterocycles. The van der Waals surface area contributed by atoms with Crippen LogP contribution in [0.2, 0.25) is 0 Å². The summed E-state index contributed by atoms with van der Waals surface area (Å²) in [6.07, 6.45) is 7.22. The quantitative estimate of drug-likeness (QED) is 0.163. The van der Waals surface area contributed by atoms with Gasteiger partial charge in [0.25, 0.3) is 0 Å². The van der Waals surface area contributed by atoms with E-state index in [9.17, 15) is 0 Å². The van der Waals surface area contributed by atoms with Crippen LogP contribution in [0.15, 0.2) is 77.8 Å². The van der Waals surface area contributed by atoms with Gasteiger partial charge in [-0.25, -0.2) is 15.0 Å². The van der Waals surface area contributed by atoms with Gasteiger partial charge in [-0.3, -0.25) is 9.97 Å². The van der Waals surface area contributed by atoms with Crippen molar-refractivity contribution >= 4 is 72.6 Å². The summed E-state index contributed by atoms with van der Waals surface area (Å²) in [6.45, 7) is 12.5. The highest BCUT2D eigenvalue weighted by atomic mass is 79.9. The van der Waals surface area contributed by atoms with E-state index in [1.165, 1.54) is 0 Å². The summed E-state index contributed by atoms with van der Waals surface area (Å²) in [5.74, 6) is 3.61. The summed E-state index contributed by atoms with van der Waals surface area (Å²) < 4.78 is 0.904. The predicted octanol–water partition coefficient (Wildman–Crippen LogP) is 9.08. The minimum absolute atomic E-state index is 0.392. The largest absolute Gasteiger partial charge is 0.323 e. The zero-order valence-electron chi connectivity index (χ0n) is 27.4. The summed E-state index contributed by atoms with van der Waals surface area (Å²) in [5.41, 5.74) is 7.69. The van der Waals surface area contributed by atoms with Crippen LogP contribution < -0.4 is 10.6 Å². The maximum Gasteiger partial charge on any atom is 0.154 e. The highest BCUT2D eigenvalue weighted by Gasteiger charge is 2.11. The molecule has 0 atom stereocenters. The summed E-state index contributed by atoms with van der Waals surface area (Å²) >= 11 is 5.08. The van der Waals surface area contributed by atoms with Gasteiger partial charge in [0.15, 0.2) is 11.6 Å². The molecule has 13 heteroatoms. The number of fused-ring (bicyclic) bond motifs is 2. The first kappa shape index (κ1) is 32.9. The normalized spacial score (nSPS) is 11.2. The Morgan fingerprint density at radius 1 is 0.604 bits per heavy atom. The Labute approximate surface area is 290 Å². The van der Waals surface area contributed by atoms with Gasteiger partial charge in [0, 0.05) is 22.4 Å². The Bertz CT molecular complexity index is 2220. The monoisotopic (exact) mass is 719 g/mol. The van der Waals surface area contributed by atoms with E-state index in [2.05, 4.69) is 101 Å². The molecule has 0 radical (unpaired) electrons. The second-order valence-electron chi connectivity index (χ2n) is 11.8. The van der Waals surface area contributed by atoms with Gasteiger partial charge >= 0.3 is 0 Å². The second-order valence-corrected chi connectivity index (χ2v) is 13.9. The zero-order valence-corrected chi connectivity index (χ0v) is 29.8. The number of hydrogen-bond acceptors (Lipinski definition) is 12. The third-order valence-electron chi connectivity index (χ3n) is 7.40. The second kappa shape index (κ2) is 14.4. The molecule has 0 aliphatic heterocycles. The van der Waals surface area contributed by atoms with Crippen molar-refractivity contribution in [3.05, 3.63) is 99.6 Å². The molecule has 0 aromatic carbocycles. The molecule has 0 bridgehead atoms. The van der Waals surface area contributed by atoms with E-state index < -0.39 is 0 Å². The van der Waals surface area contributed by atoms with Gasteiger partial charge in [-0.2, -0.15) is 10.2 Å². The van der Waals surface area contributed by atoms with E-state index in [1.807, 2.05) is 62.5 Å². The molecule has 0 saturated carbocycles. The van der Waals surface area contributed by atoms with E-state index >= 15 is 0 Å². The molecule has 0 saturated heterocycles. The fourth-order valence-corrected chi connectivity index (χ4v) is 6.05. The molecule has 2 N–H and O–H groups in total. The maximum atomic E-state index is 4.71. The van der Waals surface area contributed by atoms with Crippen LogP contribution in [0.25, 0.3) is 32.5 Å². The first-order chi connectivity index (χ1) is 23.1. The number of halogens is 1. The van der Waals surface area contributed by atoms with Crippen LogP contribution in [-0.2, 0) is 0 Å².